The molecule has 1 aliphatic heterocycles. The van der Waals surface area contributed by atoms with Gasteiger partial charge in [0.2, 0.25) is 0 Å². The predicted molar refractivity (Wildman–Crippen MR) is 74.5 cm³/mol. The number of aliphatic hydroxyl groups is 2. The lowest BCUT2D eigenvalue weighted by Crippen LogP contribution is -2.36. The molecule has 0 aliphatic carbocycles. The van der Waals surface area contributed by atoms with Gasteiger partial charge in [-0.1, -0.05) is 0 Å². The van der Waals surface area contributed by atoms with Crippen LogP contribution in [0.3, 0.4) is 0 Å². The van der Waals surface area contributed by atoms with Crippen molar-refractivity contribution in [1.82, 2.24) is 4.98 Å². The molecule has 1 unspecified atom stereocenters. The van der Waals surface area contributed by atoms with Crippen molar-refractivity contribution in [3.63, 3.8) is 0 Å². The average molecular weight is 315 g/mol. The summed E-state index contributed by atoms with van der Waals surface area (Å²) in [6, 6.07) is 1.91. The first kappa shape index (κ1) is 13.8. The van der Waals surface area contributed by atoms with Crippen LogP contribution in [0.4, 0.5) is 5.82 Å². The number of nitrogens with zero attached hydrogens (tertiary/aromatic N) is 2. The van der Waals surface area contributed by atoms with Gasteiger partial charge < -0.3 is 15.1 Å². The summed E-state index contributed by atoms with van der Waals surface area (Å²) >= 11 is 3.37. The van der Waals surface area contributed by atoms with Crippen LogP contribution in [0.2, 0.25) is 0 Å². The van der Waals surface area contributed by atoms with Crippen molar-refractivity contribution in [2.75, 3.05) is 24.6 Å². The van der Waals surface area contributed by atoms with Gasteiger partial charge in [0.15, 0.2) is 0 Å². The first-order valence-corrected chi connectivity index (χ1v) is 7.15. The second-order valence-corrected chi connectivity index (χ2v) is 5.68. The highest BCUT2D eigenvalue weighted by Gasteiger charge is 2.22. The van der Waals surface area contributed by atoms with Gasteiger partial charge in [0.25, 0.3) is 0 Å². The standard InChI is InChI=1S/C13H19BrN2O2/c14-12-6-11(9-18)13(15-7-12)16-4-1-2-10(8-16)3-5-17/h6-7,10,17-18H,1-5,8-9H2. The van der Waals surface area contributed by atoms with Gasteiger partial charge in [0.1, 0.15) is 5.82 Å². The molecule has 100 valence electrons. The van der Waals surface area contributed by atoms with E-state index in [-0.39, 0.29) is 13.2 Å². The molecule has 1 aromatic heterocycles. The van der Waals surface area contributed by atoms with Gasteiger partial charge in [-0.05, 0) is 47.2 Å². The molecule has 2 heterocycles. The maximum Gasteiger partial charge on any atom is 0.134 e. The predicted octanol–water partition coefficient (Wildman–Crippen LogP) is 1.94. The van der Waals surface area contributed by atoms with Crippen LogP contribution in [0, 0.1) is 5.92 Å². The first-order valence-electron chi connectivity index (χ1n) is 6.35. The smallest absolute Gasteiger partial charge is 0.134 e. The van der Waals surface area contributed by atoms with E-state index in [4.69, 9.17) is 5.11 Å². The molecule has 1 aliphatic rings. The molecule has 0 spiro atoms. The number of pyridine rings is 1. The summed E-state index contributed by atoms with van der Waals surface area (Å²) < 4.78 is 0.888. The first-order chi connectivity index (χ1) is 8.74. The molecule has 18 heavy (non-hydrogen) atoms. The highest BCUT2D eigenvalue weighted by Crippen LogP contribution is 2.27. The summed E-state index contributed by atoms with van der Waals surface area (Å²) in [5.41, 5.74) is 0.856. The van der Waals surface area contributed by atoms with Crippen LogP contribution in [0.1, 0.15) is 24.8 Å². The second kappa shape index (κ2) is 6.50. The number of hydrogen-bond acceptors (Lipinski definition) is 4. The molecule has 1 aromatic rings. The van der Waals surface area contributed by atoms with Crippen LogP contribution in [0.15, 0.2) is 16.7 Å². The molecule has 4 nitrogen and oxygen atoms in total. The van der Waals surface area contributed by atoms with E-state index in [1.54, 1.807) is 6.20 Å². The van der Waals surface area contributed by atoms with E-state index < -0.39 is 0 Å². The minimum atomic E-state index is 0.00292. The molecule has 0 radical (unpaired) electrons. The van der Waals surface area contributed by atoms with Gasteiger partial charge in [-0.25, -0.2) is 4.98 Å². The van der Waals surface area contributed by atoms with Gasteiger partial charge >= 0.3 is 0 Å². The second-order valence-electron chi connectivity index (χ2n) is 4.76. The molecule has 1 fully saturated rings. The minimum Gasteiger partial charge on any atom is -0.396 e. The Morgan fingerprint density at radius 2 is 2.28 bits per heavy atom. The average Bonchev–Trinajstić information content (AvgIpc) is 2.39. The van der Waals surface area contributed by atoms with Gasteiger partial charge in [-0.3, -0.25) is 0 Å². The van der Waals surface area contributed by atoms with Crippen molar-refractivity contribution in [2.45, 2.75) is 25.9 Å². The lowest BCUT2D eigenvalue weighted by Gasteiger charge is -2.34. The van der Waals surface area contributed by atoms with Gasteiger partial charge in [-0.2, -0.15) is 0 Å². The fraction of sp³-hybridized carbons (Fsp3) is 0.615. The monoisotopic (exact) mass is 314 g/mol. The number of hydrogen-bond donors (Lipinski definition) is 2. The van der Waals surface area contributed by atoms with Crippen molar-refractivity contribution in [3.8, 4) is 0 Å². The van der Waals surface area contributed by atoms with Crippen LogP contribution >= 0.6 is 15.9 Å². The van der Waals surface area contributed by atoms with E-state index in [1.807, 2.05) is 6.07 Å². The number of aromatic nitrogens is 1. The molecule has 0 saturated carbocycles. The van der Waals surface area contributed by atoms with E-state index in [9.17, 15) is 5.11 Å². The number of halogens is 1. The molecule has 5 heteroatoms. The topological polar surface area (TPSA) is 56.6 Å². The number of rotatable bonds is 4. The minimum absolute atomic E-state index is 0.00292. The van der Waals surface area contributed by atoms with Gasteiger partial charge in [0, 0.05) is 35.9 Å². The molecule has 1 saturated heterocycles. The molecule has 1 atom stereocenters. The highest BCUT2D eigenvalue weighted by atomic mass is 79.9. The molecule has 0 aromatic carbocycles. The zero-order valence-electron chi connectivity index (χ0n) is 10.3. The molecule has 2 N–H and O–H groups in total. The maximum absolute atomic E-state index is 9.42. The number of piperidine rings is 1. The Morgan fingerprint density at radius 3 is 3.00 bits per heavy atom. The van der Waals surface area contributed by atoms with Crippen molar-refractivity contribution < 1.29 is 10.2 Å². The third kappa shape index (κ3) is 3.22. The summed E-state index contributed by atoms with van der Waals surface area (Å²) in [4.78, 5) is 6.65. The Morgan fingerprint density at radius 1 is 1.44 bits per heavy atom. The van der Waals surface area contributed by atoms with Crippen LogP contribution < -0.4 is 4.90 Å². The van der Waals surface area contributed by atoms with Crippen molar-refractivity contribution in [2.24, 2.45) is 5.92 Å². The largest absolute Gasteiger partial charge is 0.396 e. The van der Waals surface area contributed by atoms with Crippen LogP contribution in [0.25, 0.3) is 0 Å². The number of anilines is 1. The van der Waals surface area contributed by atoms with Crippen molar-refractivity contribution >= 4 is 21.7 Å². The lowest BCUT2D eigenvalue weighted by atomic mass is 9.95. The Kier molecular flexibility index (Phi) is 4.97. The van der Waals surface area contributed by atoms with E-state index in [2.05, 4.69) is 25.8 Å². The quantitative estimate of drug-likeness (QED) is 0.891. The van der Waals surface area contributed by atoms with E-state index in [1.165, 1.54) is 6.42 Å². The normalized spacial score (nSPS) is 20.2. The van der Waals surface area contributed by atoms with E-state index in [0.717, 1.165) is 41.8 Å². The van der Waals surface area contributed by atoms with E-state index in [0.29, 0.717) is 5.92 Å². The SMILES string of the molecule is OCCC1CCCN(c2ncc(Br)cc2CO)C1. The zero-order chi connectivity index (χ0) is 13.0. The van der Waals surface area contributed by atoms with Crippen molar-refractivity contribution in [3.05, 3.63) is 22.3 Å². The highest BCUT2D eigenvalue weighted by molar-refractivity contribution is 9.10. The van der Waals surface area contributed by atoms with Crippen molar-refractivity contribution in [1.29, 1.82) is 0 Å². The molecular formula is C13H19BrN2O2. The fourth-order valence-electron chi connectivity index (χ4n) is 2.55. The van der Waals surface area contributed by atoms with E-state index >= 15 is 0 Å². The Labute approximate surface area is 116 Å². The van der Waals surface area contributed by atoms with Crippen LogP contribution in [-0.2, 0) is 6.61 Å². The zero-order valence-corrected chi connectivity index (χ0v) is 11.9. The Bertz CT molecular complexity index is 399. The summed E-state index contributed by atoms with van der Waals surface area (Å²) in [5.74, 6) is 1.41. The molecular weight excluding hydrogens is 296 g/mol. The Hall–Kier alpha value is -0.650. The third-order valence-corrected chi connectivity index (χ3v) is 3.87. The molecule has 2 rings (SSSR count). The summed E-state index contributed by atoms with van der Waals surface area (Å²) in [6.45, 7) is 2.15. The van der Waals surface area contributed by atoms with Gasteiger partial charge in [-0.15, -0.1) is 0 Å². The molecule has 0 bridgehead atoms. The summed E-state index contributed by atoms with van der Waals surface area (Å²) in [5, 5.41) is 18.4. The summed E-state index contributed by atoms with van der Waals surface area (Å²) in [7, 11) is 0. The third-order valence-electron chi connectivity index (χ3n) is 3.44. The lowest BCUT2D eigenvalue weighted by molar-refractivity contribution is 0.243. The Balaban J connectivity index is 2.15. The van der Waals surface area contributed by atoms with Crippen LogP contribution in [0.5, 0.6) is 0 Å². The summed E-state index contributed by atoms with van der Waals surface area (Å²) in [6.07, 6.45) is 4.90. The molecule has 0 amide bonds. The fourth-order valence-corrected chi connectivity index (χ4v) is 2.93. The van der Waals surface area contributed by atoms with Crippen LogP contribution in [-0.4, -0.2) is 34.9 Å². The van der Waals surface area contributed by atoms with Gasteiger partial charge in [0.05, 0.1) is 6.61 Å². The number of aliphatic hydroxyl groups excluding tert-OH is 2. The maximum atomic E-state index is 9.42.